The van der Waals surface area contributed by atoms with E-state index < -0.39 is 23.2 Å². The lowest BCUT2D eigenvalue weighted by Gasteiger charge is -2.17. The maximum Gasteiger partial charge on any atom is 0.262 e. The van der Waals surface area contributed by atoms with Crippen molar-refractivity contribution in [3.63, 3.8) is 0 Å². The van der Waals surface area contributed by atoms with Crippen LogP contribution in [0.2, 0.25) is 10.0 Å². The van der Waals surface area contributed by atoms with E-state index >= 15 is 0 Å². The molecule has 1 aliphatic rings. The summed E-state index contributed by atoms with van der Waals surface area (Å²) in [7, 11) is 0. The fourth-order valence-corrected chi connectivity index (χ4v) is 4.08. The van der Waals surface area contributed by atoms with Crippen molar-refractivity contribution in [1.29, 1.82) is 0 Å². The molecule has 24 heavy (non-hydrogen) atoms. The highest BCUT2D eigenvalue weighted by Gasteiger charge is 2.33. The summed E-state index contributed by atoms with van der Waals surface area (Å²) in [6, 6.07) is 0.954. The Hall–Kier alpha value is -1.42. The first-order chi connectivity index (χ1) is 11.2. The molecule has 0 bridgehead atoms. The van der Waals surface area contributed by atoms with Crippen LogP contribution in [0.25, 0.3) is 5.69 Å². The van der Waals surface area contributed by atoms with E-state index in [4.69, 9.17) is 28.9 Å². The zero-order valence-electron chi connectivity index (χ0n) is 11.2. The third-order valence-electron chi connectivity index (χ3n) is 3.36. The average Bonchev–Trinajstić information content (AvgIpc) is 2.80. The summed E-state index contributed by atoms with van der Waals surface area (Å²) in [6.45, 7) is 0. The molecule has 0 saturated heterocycles. The van der Waals surface area contributed by atoms with Crippen molar-refractivity contribution < 1.29 is 14.0 Å². The van der Waals surface area contributed by atoms with Crippen LogP contribution in [0.4, 0.5) is 10.2 Å². The van der Waals surface area contributed by atoms with Crippen molar-refractivity contribution in [3.8, 4) is 5.69 Å². The number of hydrogen-bond donors (Lipinski definition) is 2. The van der Waals surface area contributed by atoms with Gasteiger partial charge in [0, 0.05) is 6.07 Å². The number of rotatable bonds is 1. The number of nitrogen functional groups attached to an aromatic ring is 1. The Labute approximate surface area is 160 Å². The number of carbonyl (C=O) groups is 2. The highest BCUT2D eigenvalue weighted by Crippen LogP contribution is 2.43. The Balaban J connectivity index is 2.47. The van der Waals surface area contributed by atoms with Crippen molar-refractivity contribution in [2.45, 2.75) is 0 Å². The molecule has 2 heterocycles. The minimum atomic E-state index is -0.901. The summed E-state index contributed by atoms with van der Waals surface area (Å²) < 4.78 is 14.8. The van der Waals surface area contributed by atoms with Crippen LogP contribution in [0.3, 0.4) is 0 Å². The lowest BCUT2D eigenvalue weighted by Crippen LogP contribution is -2.25. The number of carbonyl (C=O) groups excluding carboxylic acids is 2. The number of amides is 2. The zero-order valence-corrected chi connectivity index (χ0v) is 15.9. The molecule has 3 rings (SSSR count). The van der Waals surface area contributed by atoms with Gasteiger partial charge in [0.25, 0.3) is 17.4 Å². The van der Waals surface area contributed by atoms with Gasteiger partial charge in [0.05, 0.1) is 35.8 Å². The summed E-state index contributed by atoms with van der Waals surface area (Å²) in [4.78, 5) is 36.0. The van der Waals surface area contributed by atoms with Gasteiger partial charge in [-0.25, -0.2) is 4.39 Å². The van der Waals surface area contributed by atoms with Gasteiger partial charge in [-0.3, -0.25) is 24.3 Å². The highest BCUT2D eigenvalue weighted by atomic mass is 79.9. The minimum absolute atomic E-state index is 0.00331. The van der Waals surface area contributed by atoms with E-state index in [1.165, 1.54) is 0 Å². The second kappa shape index (κ2) is 5.83. The third kappa shape index (κ3) is 2.30. The third-order valence-corrected chi connectivity index (χ3v) is 6.07. The van der Waals surface area contributed by atoms with Gasteiger partial charge in [-0.15, -0.1) is 0 Å². The fourth-order valence-electron chi connectivity index (χ4n) is 2.30. The van der Waals surface area contributed by atoms with Gasteiger partial charge in [0.2, 0.25) is 0 Å². The number of nitrogens with two attached hydrogens (primary N) is 1. The van der Waals surface area contributed by atoms with E-state index in [-0.39, 0.29) is 41.6 Å². The zero-order chi connectivity index (χ0) is 17.9. The molecular weight excluding hydrogens is 496 g/mol. The predicted octanol–water partition coefficient (Wildman–Crippen LogP) is 3.27. The molecule has 6 nitrogen and oxygen atoms in total. The summed E-state index contributed by atoms with van der Waals surface area (Å²) >= 11 is 17.9. The van der Waals surface area contributed by atoms with Crippen LogP contribution in [0.5, 0.6) is 0 Å². The number of pyridine rings is 1. The van der Waals surface area contributed by atoms with Crippen LogP contribution < -0.4 is 16.6 Å². The number of imide groups is 1. The van der Waals surface area contributed by atoms with Gasteiger partial charge in [-0.05, 0) is 31.9 Å². The van der Waals surface area contributed by atoms with Gasteiger partial charge in [0.1, 0.15) is 5.82 Å². The average molecular weight is 500 g/mol. The van der Waals surface area contributed by atoms with Crippen molar-refractivity contribution >= 4 is 72.7 Å². The van der Waals surface area contributed by atoms with Crippen molar-refractivity contribution in [2.75, 3.05) is 5.73 Å². The van der Waals surface area contributed by atoms with Crippen molar-refractivity contribution in [2.24, 2.45) is 0 Å². The van der Waals surface area contributed by atoms with E-state index in [0.29, 0.717) is 0 Å². The number of fused-ring (bicyclic) bond motifs is 1. The van der Waals surface area contributed by atoms with Crippen LogP contribution >= 0.6 is 55.1 Å². The van der Waals surface area contributed by atoms with Gasteiger partial charge >= 0.3 is 0 Å². The van der Waals surface area contributed by atoms with E-state index in [2.05, 4.69) is 31.9 Å². The Kier molecular flexibility index (Phi) is 4.23. The van der Waals surface area contributed by atoms with Crippen LogP contribution in [-0.4, -0.2) is 16.4 Å². The highest BCUT2D eigenvalue weighted by molar-refractivity contribution is 9.11. The number of anilines is 1. The minimum Gasteiger partial charge on any atom is -0.384 e. The molecule has 1 aromatic heterocycles. The molecule has 2 amide bonds. The first kappa shape index (κ1) is 17.4. The molecule has 11 heteroatoms. The summed E-state index contributed by atoms with van der Waals surface area (Å²) in [5.41, 5.74) is 4.91. The number of benzene rings is 1. The molecule has 1 aliphatic heterocycles. The second-order valence-electron chi connectivity index (χ2n) is 4.69. The first-order valence-electron chi connectivity index (χ1n) is 6.09. The quantitative estimate of drug-likeness (QED) is 0.358. The predicted molar refractivity (Wildman–Crippen MR) is 93.6 cm³/mol. The second-order valence-corrected chi connectivity index (χ2v) is 7.04. The van der Waals surface area contributed by atoms with Crippen molar-refractivity contribution in [3.05, 3.63) is 52.4 Å². The normalized spacial score (nSPS) is 13.2. The Bertz CT molecular complexity index is 994. The number of nitrogens with zero attached hydrogens (tertiary/aromatic N) is 1. The Morgan fingerprint density at radius 1 is 1.08 bits per heavy atom. The topological polar surface area (TPSA) is 94.2 Å². The van der Waals surface area contributed by atoms with Gasteiger partial charge in [-0.1, -0.05) is 23.2 Å². The molecule has 0 atom stereocenters. The standard InChI is InChI=1S/C13H4Br2Cl2FN3O3/c14-5-7(16)9(18)8(17)6(15)10(5)21-3(22)1-2-4(11(21)19)13(24)20-12(2)23/h1H,19H2,(H,20,23,24). The van der Waals surface area contributed by atoms with Crippen LogP contribution in [0, 0.1) is 5.82 Å². The smallest absolute Gasteiger partial charge is 0.262 e. The molecule has 0 radical (unpaired) electrons. The number of halogens is 5. The summed E-state index contributed by atoms with van der Waals surface area (Å²) in [5.74, 6) is -2.67. The SMILES string of the molecule is Nc1c2c(cc(=O)n1-c1c(Br)c(Cl)c(F)c(Cl)c1Br)C(=O)NC2=O. The largest absolute Gasteiger partial charge is 0.384 e. The Morgan fingerprint density at radius 3 is 2.17 bits per heavy atom. The lowest BCUT2D eigenvalue weighted by atomic mass is 10.1. The molecule has 1 aromatic carbocycles. The molecule has 124 valence electrons. The number of hydrogen-bond acceptors (Lipinski definition) is 4. The monoisotopic (exact) mass is 497 g/mol. The van der Waals surface area contributed by atoms with Crippen LogP contribution in [0.1, 0.15) is 20.7 Å². The van der Waals surface area contributed by atoms with Gasteiger partial charge in [0.15, 0.2) is 5.82 Å². The van der Waals surface area contributed by atoms with Crippen LogP contribution in [0.15, 0.2) is 19.8 Å². The lowest BCUT2D eigenvalue weighted by molar-refractivity contribution is 0.0880. The van der Waals surface area contributed by atoms with Crippen molar-refractivity contribution in [1.82, 2.24) is 9.88 Å². The van der Waals surface area contributed by atoms with E-state index in [1.54, 1.807) is 0 Å². The first-order valence-corrected chi connectivity index (χ1v) is 8.44. The van der Waals surface area contributed by atoms with Crippen LogP contribution in [-0.2, 0) is 0 Å². The van der Waals surface area contributed by atoms with E-state index in [9.17, 15) is 18.8 Å². The molecule has 0 unspecified atom stereocenters. The molecule has 0 saturated carbocycles. The van der Waals surface area contributed by atoms with Gasteiger partial charge in [-0.2, -0.15) is 0 Å². The molecule has 3 N–H and O–H groups in total. The molecular formula is C13H4Br2Cl2FN3O3. The maximum atomic E-state index is 13.9. The molecule has 2 aromatic rings. The number of nitrogens with one attached hydrogen (secondary N) is 1. The molecule has 0 spiro atoms. The van der Waals surface area contributed by atoms with E-state index in [0.717, 1.165) is 10.6 Å². The van der Waals surface area contributed by atoms with Gasteiger partial charge < -0.3 is 5.73 Å². The maximum absolute atomic E-state index is 13.9. The fraction of sp³-hybridized carbons (Fsp3) is 0. The summed E-state index contributed by atoms with van der Waals surface area (Å²) in [6.07, 6.45) is 0. The summed E-state index contributed by atoms with van der Waals surface area (Å²) in [5, 5.41) is 1.30. The Morgan fingerprint density at radius 2 is 1.62 bits per heavy atom. The molecule has 0 fully saturated rings. The number of aromatic nitrogens is 1. The molecule has 0 aliphatic carbocycles. The van der Waals surface area contributed by atoms with E-state index in [1.807, 2.05) is 5.32 Å².